The summed E-state index contributed by atoms with van der Waals surface area (Å²) in [6.45, 7) is 2.43. The summed E-state index contributed by atoms with van der Waals surface area (Å²) in [5.74, 6) is -1.30. The number of nitrogens with zero attached hydrogens (tertiary/aromatic N) is 1. The zero-order chi connectivity index (χ0) is 14.7. The number of aliphatic carboxylic acids is 1. The minimum absolute atomic E-state index is 0.0932. The van der Waals surface area contributed by atoms with Crippen molar-refractivity contribution in [3.8, 4) is 0 Å². The predicted molar refractivity (Wildman–Crippen MR) is 72.2 cm³/mol. The minimum atomic E-state index is -0.964. The molecule has 1 N–H and O–H groups in total. The molecule has 1 aliphatic heterocycles. The van der Waals surface area contributed by atoms with Crippen LogP contribution in [0.3, 0.4) is 0 Å². The van der Waals surface area contributed by atoms with Gasteiger partial charge in [-0.05, 0) is 13.0 Å². The van der Waals surface area contributed by atoms with Gasteiger partial charge in [0.1, 0.15) is 0 Å². The Balaban J connectivity index is 2.15. The molecule has 1 saturated heterocycles. The fourth-order valence-electron chi connectivity index (χ4n) is 2.07. The summed E-state index contributed by atoms with van der Waals surface area (Å²) >= 11 is 1.20. The third-order valence-electron chi connectivity index (χ3n) is 3.12. The van der Waals surface area contributed by atoms with Crippen molar-refractivity contribution in [2.75, 3.05) is 19.8 Å². The molecule has 2 rings (SSSR count). The van der Waals surface area contributed by atoms with Crippen molar-refractivity contribution in [2.24, 2.45) is 0 Å². The quantitative estimate of drug-likeness (QED) is 0.846. The number of hydrogen-bond acceptors (Lipinski definition) is 5. The first kappa shape index (κ1) is 14.7. The van der Waals surface area contributed by atoms with Crippen LogP contribution in [0.15, 0.2) is 11.4 Å². The number of rotatable bonds is 4. The lowest BCUT2D eigenvalue weighted by molar-refractivity contribution is -0.139. The molecule has 1 aromatic heterocycles. The van der Waals surface area contributed by atoms with E-state index >= 15 is 0 Å². The van der Waals surface area contributed by atoms with Crippen molar-refractivity contribution in [3.05, 3.63) is 21.9 Å². The van der Waals surface area contributed by atoms with Gasteiger partial charge in [-0.25, -0.2) is 0 Å². The molecule has 108 valence electrons. The zero-order valence-electron chi connectivity index (χ0n) is 11.0. The highest BCUT2D eigenvalue weighted by molar-refractivity contribution is 7.12. The molecule has 1 fully saturated rings. The highest BCUT2D eigenvalue weighted by atomic mass is 32.1. The number of ether oxygens (including phenoxy) is 1. The summed E-state index contributed by atoms with van der Waals surface area (Å²) in [5.41, 5.74) is 0.501. The standard InChI is InChI=1S/C13H15NO5S/c1-8(15)9-4-11(20-7-9)13(18)14-2-3-19-6-10(14)5-12(16)17/h4,7,10H,2-3,5-6H2,1H3,(H,16,17). The smallest absolute Gasteiger partial charge is 0.305 e. The monoisotopic (exact) mass is 297 g/mol. The first-order chi connectivity index (χ1) is 9.49. The van der Waals surface area contributed by atoms with Crippen molar-refractivity contribution < 1.29 is 24.2 Å². The molecule has 0 saturated carbocycles. The average molecular weight is 297 g/mol. The van der Waals surface area contributed by atoms with E-state index in [4.69, 9.17) is 9.84 Å². The second-order valence-corrected chi connectivity index (χ2v) is 5.49. The Morgan fingerprint density at radius 2 is 2.25 bits per heavy atom. The van der Waals surface area contributed by atoms with Crippen LogP contribution in [-0.4, -0.2) is 53.5 Å². The topological polar surface area (TPSA) is 83.9 Å². The molecule has 0 bridgehead atoms. The molecule has 1 aliphatic rings. The summed E-state index contributed by atoms with van der Waals surface area (Å²) in [7, 11) is 0. The van der Waals surface area contributed by atoms with E-state index in [-0.39, 0.29) is 24.7 Å². The minimum Gasteiger partial charge on any atom is -0.481 e. The fourth-order valence-corrected chi connectivity index (χ4v) is 2.97. The van der Waals surface area contributed by atoms with Crippen molar-refractivity contribution >= 4 is 29.0 Å². The second-order valence-electron chi connectivity index (χ2n) is 4.58. The number of amides is 1. The molecule has 1 amide bonds. The zero-order valence-corrected chi connectivity index (χ0v) is 11.8. The molecule has 20 heavy (non-hydrogen) atoms. The summed E-state index contributed by atoms with van der Waals surface area (Å²) in [4.78, 5) is 36.5. The lowest BCUT2D eigenvalue weighted by Gasteiger charge is -2.34. The number of Topliss-reactive ketones (excluding diaryl/α,β-unsaturated/α-hetero) is 1. The Hall–Kier alpha value is -1.73. The van der Waals surface area contributed by atoms with E-state index in [0.29, 0.717) is 23.6 Å². The van der Waals surface area contributed by atoms with Gasteiger partial charge < -0.3 is 14.7 Å². The number of carbonyl (C=O) groups is 3. The Morgan fingerprint density at radius 3 is 2.85 bits per heavy atom. The summed E-state index contributed by atoms with van der Waals surface area (Å²) < 4.78 is 5.23. The molecule has 0 radical (unpaired) electrons. The Bertz CT molecular complexity index is 539. The molecule has 0 spiro atoms. The number of morpholine rings is 1. The molecule has 1 unspecified atom stereocenters. The van der Waals surface area contributed by atoms with Crippen LogP contribution in [0.2, 0.25) is 0 Å². The molecule has 2 heterocycles. The Labute approximate surface area is 120 Å². The predicted octanol–water partition coefficient (Wildman–Crippen LogP) is 1.27. The molecule has 1 atom stereocenters. The van der Waals surface area contributed by atoms with Gasteiger partial charge in [0.05, 0.1) is 30.6 Å². The highest BCUT2D eigenvalue weighted by Crippen LogP contribution is 2.21. The van der Waals surface area contributed by atoms with Crippen molar-refractivity contribution in [1.29, 1.82) is 0 Å². The van der Waals surface area contributed by atoms with Gasteiger partial charge in [-0.3, -0.25) is 14.4 Å². The number of ketones is 1. The van der Waals surface area contributed by atoms with Gasteiger partial charge in [-0.15, -0.1) is 11.3 Å². The number of carboxylic acids is 1. The molecule has 7 heteroatoms. The van der Waals surface area contributed by atoms with E-state index in [1.54, 1.807) is 11.4 Å². The third kappa shape index (κ3) is 3.23. The maximum absolute atomic E-state index is 12.4. The molecule has 1 aromatic rings. The maximum atomic E-state index is 12.4. The summed E-state index contributed by atoms with van der Waals surface area (Å²) in [5, 5.41) is 10.5. The molecule has 6 nitrogen and oxygen atoms in total. The van der Waals surface area contributed by atoms with Crippen LogP contribution >= 0.6 is 11.3 Å². The molecular weight excluding hydrogens is 282 g/mol. The third-order valence-corrected chi connectivity index (χ3v) is 4.03. The van der Waals surface area contributed by atoms with E-state index in [1.807, 2.05) is 0 Å². The Morgan fingerprint density at radius 1 is 1.50 bits per heavy atom. The van der Waals surface area contributed by atoms with Gasteiger partial charge in [0.25, 0.3) is 5.91 Å². The van der Waals surface area contributed by atoms with Gasteiger partial charge in [-0.2, -0.15) is 0 Å². The molecule has 0 aliphatic carbocycles. The largest absolute Gasteiger partial charge is 0.481 e. The van der Waals surface area contributed by atoms with Crippen LogP contribution in [0.1, 0.15) is 33.4 Å². The van der Waals surface area contributed by atoms with Gasteiger partial charge in [0.15, 0.2) is 5.78 Å². The van der Waals surface area contributed by atoms with Crippen molar-refractivity contribution in [2.45, 2.75) is 19.4 Å². The van der Waals surface area contributed by atoms with Crippen molar-refractivity contribution in [3.63, 3.8) is 0 Å². The lowest BCUT2D eigenvalue weighted by Crippen LogP contribution is -2.49. The van der Waals surface area contributed by atoms with Gasteiger partial charge in [-0.1, -0.05) is 0 Å². The van der Waals surface area contributed by atoms with Crippen LogP contribution in [0.5, 0.6) is 0 Å². The molecular formula is C13H15NO5S. The summed E-state index contributed by atoms with van der Waals surface area (Å²) in [6.07, 6.45) is -0.142. The first-order valence-electron chi connectivity index (χ1n) is 6.19. The average Bonchev–Trinajstić information content (AvgIpc) is 2.87. The lowest BCUT2D eigenvalue weighted by atomic mass is 10.1. The van der Waals surface area contributed by atoms with Gasteiger partial charge in [0, 0.05) is 17.5 Å². The summed E-state index contributed by atoms with van der Waals surface area (Å²) in [6, 6.07) is 1.10. The number of thiophene rings is 1. The first-order valence-corrected chi connectivity index (χ1v) is 7.07. The number of carbonyl (C=O) groups excluding carboxylic acids is 2. The second kappa shape index (κ2) is 6.15. The highest BCUT2D eigenvalue weighted by Gasteiger charge is 2.30. The number of carboxylic acid groups (broad SMARTS) is 1. The SMILES string of the molecule is CC(=O)c1csc(C(=O)N2CCOCC2CC(=O)O)c1. The van der Waals surface area contributed by atoms with Gasteiger partial charge in [0.2, 0.25) is 0 Å². The van der Waals surface area contributed by atoms with Crippen LogP contribution in [0.25, 0.3) is 0 Å². The Kier molecular flexibility index (Phi) is 4.51. The maximum Gasteiger partial charge on any atom is 0.305 e. The van der Waals surface area contributed by atoms with Crippen LogP contribution < -0.4 is 0 Å². The normalized spacial score (nSPS) is 18.9. The van der Waals surface area contributed by atoms with Crippen LogP contribution in [0.4, 0.5) is 0 Å². The van der Waals surface area contributed by atoms with E-state index in [2.05, 4.69) is 0 Å². The van der Waals surface area contributed by atoms with Gasteiger partial charge >= 0.3 is 5.97 Å². The van der Waals surface area contributed by atoms with Crippen LogP contribution in [0, 0.1) is 0 Å². The number of hydrogen-bond donors (Lipinski definition) is 1. The molecule has 0 aromatic carbocycles. The van der Waals surface area contributed by atoms with Crippen LogP contribution in [-0.2, 0) is 9.53 Å². The fraction of sp³-hybridized carbons (Fsp3) is 0.462. The van der Waals surface area contributed by atoms with Crippen molar-refractivity contribution in [1.82, 2.24) is 4.90 Å². The van der Waals surface area contributed by atoms with E-state index in [9.17, 15) is 14.4 Å². The van der Waals surface area contributed by atoms with E-state index < -0.39 is 12.0 Å². The van der Waals surface area contributed by atoms with E-state index in [1.165, 1.54) is 23.2 Å². The van der Waals surface area contributed by atoms with E-state index in [0.717, 1.165) is 0 Å².